The van der Waals surface area contributed by atoms with Crippen molar-refractivity contribution < 1.29 is 4.39 Å². The highest BCUT2D eigenvalue weighted by Gasteiger charge is 2.11. The van der Waals surface area contributed by atoms with Crippen molar-refractivity contribution in [2.45, 2.75) is 20.8 Å². The Balaban J connectivity index is 2.47. The zero-order valence-electron chi connectivity index (χ0n) is 11.6. The van der Waals surface area contributed by atoms with Gasteiger partial charge < -0.3 is 11.1 Å². The quantitative estimate of drug-likeness (QED) is 0.849. The van der Waals surface area contributed by atoms with E-state index in [4.69, 9.17) is 18.0 Å². The summed E-state index contributed by atoms with van der Waals surface area (Å²) in [6.45, 7) is 5.48. The standard InChI is InChI=1S/C15H16FN3S/c1-8-6-11(4-5-12(8)16)19-13-7-9(2)18-10(3)14(13)15(17)20/h4-7H,1-3H3,(H2,17,20)(H,18,19). The first-order valence-corrected chi connectivity index (χ1v) is 6.60. The molecule has 0 aliphatic rings. The maximum Gasteiger partial charge on any atom is 0.126 e. The van der Waals surface area contributed by atoms with Crippen LogP contribution in [0.5, 0.6) is 0 Å². The van der Waals surface area contributed by atoms with Crippen LogP contribution in [0.4, 0.5) is 15.8 Å². The van der Waals surface area contributed by atoms with E-state index in [1.54, 1.807) is 19.1 Å². The third kappa shape index (κ3) is 2.93. The van der Waals surface area contributed by atoms with Crippen LogP contribution in [0.2, 0.25) is 0 Å². The summed E-state index contributed by atoms with van der Waals surface area (Å²) < 4.78 is 13.3. The van der Waals surface area contributed by atoms with Crippen LogP contribution in [0.1, 0.15) is 22.5 Å². The Labute approximate surface area is 123 Å². The Kier molecular flexibility index (Phi) is 3.99. The van der Waals surface area contributed by atoms with Gasteiger partial charge in [-0.15, -0.1) is 0 Å². The predicted molar refractivity (Wildman–Crippen MR) is 84.0 cm³/mol. The molecule has 0 saturated heterocycles. The average molecular weight is 289 g/mol. The summed E-state index contributed by atoms with van der Waals surface area (Å²) in [5, 5.41) is 3.23. The monoisotopic (exact) mass is 289 g/mol. The van der Waals surface area contributed by atoms with Gasteiger partial charge in [-0.1, -0.05) is 12.2 Å². The van der Waals surface area contributed by atoms with E-state index in [0.29, 0.717) is 11.1 Å². The van der Waals surface area contributed by atoms with E-state index in [9.17, 15) is 4.39 Å². The highest BCUT2D eigenvalue weighted by molar-refractivity contribution is 7.80. The van der Waals surface area contributed by atoms with Crippen molar-refractivity contribution in [2.75, 3.05) is 5.32 Å². The number of pyridine rings is 1. The van der Waals surface area contributed by atoms with Gasteiger partial charge in [0.25, 0.3) is 0 Å². The van der Waals surface area contributed by atoms with Crippen molar-refractivity contribution in [2.24, 2.45) is 5.73 Å². The van der Waals surface area contributed by atoms with Crippen LogP contribution in [0.15, 0.2) is 24.3 Å². The number of thiocarbonyl (C=S) groups is 1. The molecule has 2 rings (SSSR count). The van der Waals surface area contributed by atoms with Crippen LogP contribution >= 0.6 is 12.2 Å². The topological polar surface area (TPSA) is 50.9 Å². The minimum Gasteiger partial charge on any atom is -0.389 e. The Morgan fingerprint density at radius 2 is 1.95 bits per heavy atom. The second-order valence-corrected chi connectivity index (χ2v) is 5.16. The van der Waals surface area contributed by atoms with Crippen molar-refractivity contribution in [3.05, 3.63) is 52.6 Å². The minimum absolute atomic E-state index is 0.229. The number of benzene rings is 1. The molecule has 0 aliphatic heterocycles. The Bertz CT molecular complexity index is 683. The van der Waals surface area contributed by atoms with E-state index in [2.05, 4.69) is 10.3 Å². The Morgan fingerprint density at radius 1 is 1.25 bits per heavy atom. The average Bonchev–Trinajstić information content (AvgIpc) is 2.32. The molecule has 20 heavy (non-hydrogen) atoms. The second kappa shape index (κ2) is 5.54. The van der Waals surface area contributed by atoms with Crippen LogP contribution in [0.3, 0.4) is 0 Å². The summed E-state index contributed by atoms with van der Waals surface area (Å²) in [7, 11) is 0. The number of hydrogen-bond acceptors (Lipinski definition) is 3. The Morgan fingerprint density at radius 3 is 2.55 bits per heavy atom. The predicted octanol–water partition coefficient (Wildman–Crippen LogP) is 3.52. The lowest BCUT2D eigenvalue weighted by Crippen LogP contribution is -2.15. The molecule has 0 aliphatic carbocycles. The van der Waals surface area contributed by atoms with Gasteiger partial charge in [-0.3, -0.25) is 4.98 Å². The molecular formula is C15H16FN3S. The first kappa shape index (κ1) is 14.4. The summed E-state index contributed by atoms with van der Waals surface area (Å²) in [5.41, 5.74) is 10.3. The van der Waals surface area contributed by atoms with E-state index < -0.39 is 0 Å². The second-order valence-electron chi connectivity index (χ2n) is 4.72. The van der Waals surface area contributed by atoms with Gasteiger partial charge in [0.05, 0.1) is 11.3 Å². The summed E-state index contributed by atoms with van der Waals surface area (Å²) in [6.07, 6.45) is 0. The molecule has 0 bridgehead atoms. The molecule has 1 aromatic heterocycles. The number of nitrogens with one attached hydrogen (secondary N) is 1. The Hall–Kier alpha value is -2.01. The van der Waals surface area contributed by atoms with Gasteiger partial charge in [-0.2, -0.15) is 0 Å². The molecular weight excluding hydrogens is 273 g/mol. The van der Waals surface area contributed by atoms with Crippen molar-refractivity contribution in [1.29, 1.82) is 0 Å². The maximum absolute atomic E-state index is 13.3. The lowest BCUT2D eigenvalue weighted by molar-refractivity contribution is 0.619. The minimum atomic E-state index is -0.229. The molecule has 0 spiro atoms. The van der Waals surface area contributed by atoms with Gasteiger partial charge in [0, 0.05) is 17.1 Å². The van der Waals surface area contributed by atoms with Crippen molar-refractivity contribution >= 4 is 28.6 Å². The molecule has 3 nitrogen and oxygen atoms in total. The van der Waals surface area contributed by atoms with Gasteiger partial charge in [0.15, 0.2) is 0 Å². The molecule has 3 N–H and O–H groups in total. The van der Waals surface area contributed by atoms with Crippen LogP contribution in [0.25, 0.3) is 0 Å². The zero-order valence-corrected chi connectivity index (χ0v) is 12.4. The molecule has 0 radical (unpaired) electrons. The number of nitrogens with two attached hydrogens (primary N) is 1. The summed E-state index contributed by atoms with van der Waals surface area (Å²) in [4.78, 5) is 4.65. The number of rotatable bonds is 3. The maximum atomic E-state index is 13.3. The fraction of sp³-hybridized carbons (Fsp3) is 0.200. The van der Waals surface area contributed by atoms with Gasteiger partial charge in [-0.05, 0) is 50.6 Å². The van der Waals surface area contributed by atoms with Crippen molar-refractivity contribution in [1.82, 2.24) is 4.98 Å². The summed E-state index contributed by atoms with van der Waals surface area (Å²) in [5.74, 6) is -0.229. The lowest BCUT2D eigenvalue weighted by atomic mass is 10.1. The van der Waals surface area contributed by atoms with Crippen molar-refractivity contribution in [3.8, 4) is 0 Å². The highest BCUT2D eigenvalue weighted by atomic mass is 32.1. The van der Waals surface area contributed by atoms with E-state index in [1.807, 2.05) is 19.9 Å². The summed E-state index contributed by atoms with van der Waals surface area (Å²) >= 11 is 5.08. The number of anilines is 2. The van der Waals surface area contributed by atoms with E-state index >= 15 is 0 Å². The fourth-order valence-electron chi connectivity index (χ4n) is 2.12. The first-order valence-electron chi connectivity index (χ1n) is 6.19. The zero-order chi connectivity index (χ0) is 14.9. The third-order valence-corrected chi connectivity index (χ3v) is 3.22. The molecule has 0 saturated carbocycles. The molecule has 0 amide bonds. The van der Waals surface area contributed by atoms with Crippen LogP contribution in [-0.2, 0) is 0 Å². The molecule has 1 aromatic carbocycles. The van der Waals surface area contributed by atoms with Gasteiger partial charge in [-0.25, -0.2) is 4.39 Å². The SMILES string of the molecule is Cc1cc(Nc2ccc(F)c(C)c2)c(C(N)=S)c(C)n1. The lowest BCUT2D eigenvalue weighted by Gasteiger charge is -2.14. The number of hydrogen-bond donors (Lipinski definition) is 2. The smallest absolute Gasteiger partial charge is 0.126 e. The number of nitrogens with zero attached hydrogens (tertiary/aromatic N) is 1. The van der Waals surface area contributed by atoms with Crippen LogP contribution in [0, 0.1) is 26.6 Å². The molecule has 5 heteroatoms. The van der Waals surface area contributed by atoms with E-state index in [1.165, 1.54) is 6.07 Å². The molecule has 0 fully saturated rings. The molecule has 1 heterocycles. The number of aromatic nitrogens is 1. The summed E-state index contributed by atoms with van der Waals surface area (Å²) in [6, 6.07) is 6.72. The number of aryl methyl sites for hydroxylation is 3. The normalized spacial score (nSPS) is 10.4. The molecule has 104 valence electrons. The van der Waals surface area contributed by atoms with Gasteiger partial charge >= 0.3 is 0 Å². The third-order valence-electron chi connectivity index (χ3n) is 3.01. The van der Waals surface area contributed by atoms with Crippen molar-refractivity contribution in [3.63, 3.8) is 0 Å². The van der Waals surface area contributed by atoms with Crippen LogP contribution < -0.4 is 11.1 Å². The fourth-order valence-corrected chi connectivity index (χ4v) is 2.37. The van der Waals surface area contributed by atoms with E-state index in [0.717, 1.165) is 22.8 Å². The van der Waals surface area contributed by atoms with Gasteiger partial charge in [0.1, 0.15) is 10.8 Å². The number of halogens is 1. The van der Waals surface area contributed by atoms with E-state index in [-0.39, 0.29) is 10.8 Å². The molecule has 0 atom stereocenters. The first-order chi connectivity index (χ1) is 9.38. The molecule has 2 aromatic rings. The largest absolute Gasteiger partial charge is 0.389 e. The molecule has 0 unspecified atom stereocenters. The van der Waals surface area contributed by atoms with Crippen LogP contribution in [-0.4, -0.2) is 9.97 Å². The van der Waals surface area contributed by atoms with Gasteiger partial charge in [0.2, 0.25) is 0 Å². The highest BCUT2D eigenvalue weighted by Crippen LogP contribution is 2.25.